The highest BCUT2D eigenvalue weighted by atomic mass is 32.2. The molecule has 2 rings (SSSR count). The van der Waals surface area contributed by atoms with Crippen LogP contribution in [-0.2, 0) is 10.0 Å². The van der Waals surface area contributed by atoms with Crippen LogP contribution < -0.4 is 10.5 Å². The molecule has 0 aliphatic heterocycles. The lowest BCUT2D eigenvalue weighted by Gasteiger charge is -2.20. The van der Waals surface area contributed by atoms with Crippen LogP contribution in [0.1, 0.15) is 24.8 Å². The zero-order chi connectivity index (χ0) is 13.2. The van der Waals surface area contributed by atoms with Gasteiger partial charge in [-0.15, -0.1) is 0 Å². The molecule has 1 aliphatic carbocycles. The van der Waals surface area contributed by atoms with Gasteiger partial charge < -0.3 is 5.73 Å². The first-order valence-electron chi connectivity index (χ1n) is 6.02. The van der Waals surface area contributed by atoms with Gasteiger partial charge in [-0.05, 0) is 43.9 Å². The largest absolute Gasteiger partial charge is 0.398 e. The van der Waals surface area contributed by atoms with Crippen molar-refractivity contribution in [3.63, 3.8) is 0 Å². The van der Waals surface area contributed by atoms with Crippen LogP contribution in [0.2, 0.25) is 0 Å². The lowest BCUT2D eigenvalue weighted by molar-refractivity contribution is 0.522. The summed E-state index contributed by atoms with van der Waals surface area (Å²) in [7, 11) is -3.52. The van der Waals surface area contributed by atoms with Crippen LogP contribution in [0, 0.1) is 6.92 Å². The molecule has 5 heteroatoms. The Kier molecular flexibility index (Phi) is 3.73. The summed E-state index contributed by atoms with van der Waals surface area (Å²) in [4.78, 5) is 0.169. The number of anilines is 1. The Morgan fingerprint density at radius 2 is 2.11 bits per heavy atom. The molecule has 0 amide bonds. The van der Waals surface area contributed by atoms with E-state index >= 15 is 0 Å². The Morgan fingerprint density at radius 1 is 1.33 bits per heavy atom. The van der Waals surface area contributed by atoms with Gasteiger partial charge in [0.25, 0.3) is 0 Å². The lowest BCUT2D eigenvalue weighted by Crippen LogP contribution is -2.35. The van der Waals surface area contributed by atoms with Crippen LogP contribution in [-0.4, -0.2) is 14.5 Å². The minimum absolute atomic E-state index is 0.0271. The summed E-state index contributed by atoms with van der Waals surface area (Å²) < 4.78 is 27.1. The lowest BCUT2D eigenvalue weighted by atomic mass is 10.0. The SMILES string of the molecule is Cc1ccc(S(=O)(=O)NC2CC=CCC2)c(N)c1. The minimum atomic E-state index is -3.52. The van der Waals surface area contributed by atoms with E-state index < -0.39 is 10.0 Å². The normalized spacial score (nSPS) is 19.9. The fourth-order valence-electron chi connectivity index (χ4n) is 2.10. The average Bonchev–Trinajstić information content (AvgIpc) is 2.29. The molecule has 0 spiro atoms. The number of nitrogen functional groups attached to an aromatic ring is 1. The van der Waals surface area contributed by atoms with Crippen LogP contribution in [0.5, 0.6) is 0 Å². The molecule has 3 N–H and O–H groups in total. The van der Waals surface area contributed by atoms with E-state index in [1.54, 1.807) is 18.2 Å². The Bertz CT molecular complexity index is 564. The predicted molar refractivity (Wildman–Crippen MR) is 72.7 cm³/mol. The van der Waals surface area contributed by atoms with Crippen LogP contribution >= 0.6 is 0 Å². The summed E-state index contributed by atoms with van der Waals surface area (Å²) in [6, 6.07) is 4.97. The molecule has 0 saturated heterocycles. The van der Waals surface area contributed by atoms with Crippen LogP contribution in [0.15, 0.2) is 35.2 Å². The second kappa shape index (κ2) is 5.12. The standard InChI is InChI=1S/C13H18N2O2S/c1-10-7-8-13(12(14)9-10)18(16,17)15-11-5-3-2-4-6-11/h2-3,7-9,11,15H,4-6,14H2,1H3. The second-order valence-electron chi connectivity index (χ2n) is 4.64. The molecule has 0 bridgehead atoms. The molecular weight excluding hydrogens is 248 g/mol. The molecule has 98 valence electrons. The highest BCUT2D eigenvalue weighted by Gasteiger charge is 2.22. The third-order valence-electron chi connectivity index (χ3n) is 3.05. The van der Waals surface area contributed by atoms with Crippen molar-refractivity contribution < 1.29 is 8.42 Å². The van der Waals surface area contributed by atoms with Gasteiger partial charge in [0, 0.05) is 6.04 Å². The van der Waals surface area contributed by atoms with Gasteiger partial charge in [-0.1, -0.05) is 18.2 Å². The van der Waals surface area contributed by atoms with Crippen molar-refractivity contribution in [1.29, 1.82) is 0 Å². The van der Waals surface area contributed by atoms with Crippen molar-refractivity contribution >= 4 is 15.7 Å². The molecule has 4 nitrogen and oxygen atoms in total. The van der Waals surface area contributed by atoms with Gasteiger partial charge in [0.1, 0.15) is 4.90 Å². The molecule has 0 heterocycles. The van der Waals surface area contributed by atoms with E-state index in [-0.39, 0.29) is 10.9 Å². The Morgan fingerprint density at radius 3 is 2.72 bits per heavy atom. The van der Waals surface area contributed by atoms with Crippen LogP contribution in [0.3, 0.4) is 0 Å². The number of hydrogen-bond donors (Lipinski definition) is 2. The van der Waals surface area contributed by atoms with Crippen molar-refractivity contribution in [2.24, 2.45) is 0 Å². The number of benzene rings is 1. The van der Waals surface area contributed by atoms with Gasteiger partial charge in [0.2, 0.25) is 10.0 Å². The Hall–Kier alpha value is -1.33. The highest BCUT2D eigenvalue weighted by molar-refractivity contribution is 7.89. The topological polar surface area (TPSA) is 72.2 Å². The fraction of sp³-hybridized carbons (Fsp3) is 0.385. The summed E-state index contributed by atoms with van der Waals surface area (Å²) >= 11 is 0. The fourth-order valence-corrected chi connectivity index (χ4v) is 3.49. The van der Waals surface area contributed by atoms with E-state index in [0.29, 0.717) is 5.69 Å². The number of rotatable bonds is 3. The van der Waals surface area contributed by atoms with E-state index in [9.17, 15) is 8.42 Å². The molecule has 1 aliphatic rings. The first kappa shape index (κ1) is 13.1. The quantitative estimate of drug-likeness (QED) is 0.649. The molecule has 0 radical (unpaired) electrons. The maximum Gasteiger partial charge on any atom is 0.242 e. The Labute approximate surface area is 108 Å². The molecule has 0 saturated carbocycles. The third-order valence-corrected chi connectivity index (χ3v) is 4.64. The highest BCUT2D eigenvalue weighted by Crippen LogP contribution is 2.21. The number of sulfonamides is 1. The summed E-state index contributed by atoms with van der Waals surface area (Å²) in [6.45, 7) is 1.88. The zero-order valence-electron chi connectivity index (χ0n) is 10.4. The van der Waals surface area contributed by atoms with Crippen molar-refractivity contribution in [1.82, 2.24) is 4.72 Å². The summed E-state index contributed by atoms with van der Waals surface area (Å²) in [6.07, 6.45) is 6.57. The molecule has 1 aromatic carbocycles. The number of nitrogens with two attached hydrogens (primary N) is 1. The molecule has 0 aromatic heterocycles. The number of hydrogen-bond acceptors (Lipinski definition) is 3. The van der Waals surface area contributed by atoms with Gasteiger partial charge in [-0.3, -0.25) is 0 Å². The monoisotopic (exact) mass is 266 g/mol. The molecule has 0 fully saturated rings. The van der Waals surface area contributed by atoms with E-state index in [1.807, 2.05) is 13.0 Å². The summed E-state index contributed by atoms with van der Waals surface area (Å²) in [5.41, 5.74) is 7.03. The van der Waals surface area contributed by atoms with E-state index in [1.165, 1.54) is 0 Å². The van der Waals surface area contributed by atoms with E-state index in [2.05, 4.69) is 10.8 Å². The van der Waals surface area contributed by atoms with E-state index in [4.69, 9.17) is 5.73 Å². The van der Waals surface area contributed by atoms with Crippen molar-refractivity contribution in [3.05, 3.63) is 35.9 Å². The molecule has 1 unspecified atom stereocenters. The number of nitrogens with one attached hydrogen (secondary N) is 1. The van der Waals surface area contributed by atoms with Crippen LogP contribution in [0.25, 0.3) is 0 Å². The predicted octanol–water partition coefficient (Wildman–Crippen LogP) is 1.96. The maximum atomic E-state index is 12.2. The molecular formula is C13H18N2O2S. The van der Waals surface area contributed by atoms with E-state index in [0.717, 1.165) is 24.8 Å². The van der Waals surface area contributed by atoms with Crippen molar-refractivity contribution in [2.45, 2.75) is 37.1 Å². The molecule has 18 heavy (non-hydrogen) atoms. The maximum absolute atomic E-state index is 12.2. The Balaban J connectivity index is 2.22. The first-order chi connectivity index (χ1) is 8.49. The number of allylic oxidation sites excluding steroid dienone is 1. The first-order valence-corrected chi connectivity index (χ1v) is 7.51. The summed E-state index contributed by atoms with van der Waals surface area (Å²) in [5.74, 6) is 0. The van der Waals surface area contributed by atoms with Gasteiger partial charge in [0.15, 0.2) is 0 Å². The minimum Gasteiger partial charge on any atom is -0.398 e. The van der Waals surface area contributed by atoms with Crippen LogP contribution in [0.4, 0.5) is 5.69 Å². The third kappa shape index (κ3) is 2.91. The summed E-state index contributed by atoms with van der Waals surface area (Å²) in [5, 5.41) is 0. The van der Waals surface area contributed by atoms with Gasteiger partial charge in [-0.25, -0.2) is 13.1 Å². The van der Waals surface area contributed by atoms with Gasteiger partial charge in [0.05, 0.1) is 5.69 Å². The smallest absolute Gasteiger partial charge is 0.242 e. The average molecular weight is 266 g/mol. The molecule has 1 atom stereocenters. The molecule has 1 aromatic rings. The van der Waals surface area contributed by atoms with Gasteiger partial charge in [-0.2, -0.15) is 0 Å². The van der Waals surface area contributed by atoms with Crippen molar-refractivity contribution in [3.8, 4) is 0 Å². The van der Waals surface area contributed by atoms with Gasteiger partial charge >= 0.3 is 0 Å². The number of aryl methyl sites for hydroxylation is 1. The zero-order valence-corrected chi connectivity index (χ0v) is 11.2. The van der Waals surface area contributed by atoms with Crippen molar-refractivity contribution in [2.75, 3.05) is 5.73 Å². The second-order valence-corrected chi connectivity index (χ2v) is 6.33.